The minimum Gasteiger partial charge on any atom is -0.489 e. The molecular formula is C26H24BrN3O4S. The summed E-state index contributed by atoms with van der Waals surface area (Å²) in [4.78, 5) is 4.55. The fraction of sp³-hybridized carbons (Fsp3) is 0.231. The minimum absolute atomic E-state index is 0.00841. The number of halogens is 1. The van der Waals surface area contributed by atoms with Gasteiger partial charge in [-0.3, -0.25) is 9.71 Å². The number of sulfonamides is 1. The molecular weight excluding hydrogens is 530 g/mol. The van der Waals surface area contributed by atoms with E-state index in [1.807, 2.05) is 19.1 Å². The average molecular weight is 554 g/mol. The molecule has 9 heteroatoms. The highest BCUT2D eigenvalue weighted by Crippen LogP contribution is 2.31. The quantitative estimate of drug-likeness (QED) is 0.444. The van der Waals surface area contributed by atoms with Crippen molar-refractivity contribution in [2.45, 2.75) is 30.8 Å². The van der Waals surface area contributed by atoms with Gasteiger partial charge < -0.3 is 9.47 Å². The number of aryl methyl sites for hydroxylation is 1. The van der Waals surface area contributed by atoms with E-state index in [0.29, 0.717) is 41.4 Å². The van der Waals surface area contributed by atoms with Crippen molar-refractivity contribution in [3.8, 4) is 11.8 Å². The van der Waals surface area contributed by atoms with Gasteiger partial charge in [-0.1, -0.05) is 24.3 Å². The average Bonchev–Trinajstić information content (AvgIpc) is 2.88. The van der Waals surface area contributed by atoms with Gasteiger partial charge in [0.05, 0.1) is 23.7 Å². The Morgan fingerprint density at radius 3 is 2.66 bits per heavy atom. The van der Waals surface area contributed by atoms with E-state index in [2.05, 4.69) is 31.7 Å². The maximum Gasteiger partial charge on any atom is 0.261 e. The number of nitrogens with one attached hydrogen (secondary N) is 1. The first kappa shape index (κ1) is 24.9. The molecule has 0 atom stereocenters. The smallest absolute Gasteiger partial charge is 0.261 e. The van der Waals surface area contributed by atoms with Gasteiger partial charge in [0, 0.05) is 46.5 Å². The molecule has 0 amide bonds. The van der Waals surface area contributed by atoms with Crippen molar-refractivity contribution < 1.29 is 17.9 Å². The highest BCUT2D eigenvalue weighted by atomic mass is 79.9. The fourth-order valence-corrected chi connectivity index (χ4v) is 5.02. The highest BCUT2D eigenvalue weighted by molar-refractivity contribution is 9.10. The van der Waals surface area contributed by atoms with Gasteiger partial charge in [-0.2, -0.15) is 5.26 Å². The molecule has 1 aromatic heterocycles. The summed E-state index contributed by atoms with van der Waals surface area (Å²) in [6, 6.07) is 17.5. The Morgan fingerprint density at radius 1 is 1.20 bits per heavy atom. The Labute approximate surface area is 213 Å². The molecule has 180 valence electrons. The van der Waals surface area contributed by atoms with Crippen LogP contribution in [0, 0.1) is 18.3 Å². The molecule has 2 heterocycles. The van der Waals surface area contributed by atoms with Gasteiger partial charge in [0.25, 0.3) is 10.0 Å². The molecule has 1 aliphatic rings. The summed E-state index contributed by atoms with van der Waals surface area (Å²) in [6.07, 6.45) is 4.64. The number of nitriles is 1. The SMILES string of the molecule is Cc1ncc(Br)cc1/C(=C\NS(=O)(=O)c1ccccc1)c1ccc(OC2CCOCC2)c(C#N)c1. The number of nitrogens with zero attached hydrogens (tertiary/aromatic N) is 2. The van der Waals surface area contributed by atoms with Crippen LogP contribution >= 0.6 is 15.9 Å². The van der Waals surface area contributed by atoms with Gasteiger partial charge in [0.1, 0.15) is 17.9 Å². The van der Waals surface area contributed by atoms with Crippen LogP contribution in [0.15, 0.2) is 76.4 Å². The van der Waals surface area contributed by atoms with Crippen LogP contribution in [0.5, 0.6) is 5.75 Å². The van der Waals surface area contributed by atoms with Gasteiger partial charge in [-0.15, -0.1) is 0 Å². The van der Waals surface area contributed by atoms with Gasteiger partial charge in [-0.05, 0) is 58.7 Å². The lowest BCUT2D eigenvalue weighted by atomic mass is 9.96. The lowest BCUT2D eigenvalue weighted by Crippen LogP contribution is -2.26. The van der Waals surface area contributed by atoms with Crippen LogP contribution in [0.2, 0.25) is 0 Å². The van der Waals surface area contributed by atoms with Crippen LogP contribution in [0.1, 0.15) is 35.2 Å². The zero-order chi connectivity index (χ0) is 24.8. The first-order chi connectivity index (χ1) is 16.9. The van der Waals surface area contributed by atoms with Gasteiger partial charge >= 0.3 is 0 Å². The first-order valence-corrected chi connectivity index (χ1v) is 13.3. The summed E-state index contributed by atoms with van der Waals surface area (Å²) >= 11 is 3.45. The van der Waals surface area contributed by atoms with E-state index >= 15 is 0 Å². The second-order valence-corrected chi connectivity index (χ2v) is 10.7. The van der Waals surface area contributed by atoms with Crippen molar-refractivity contribution in [1.82, 2.24) is 9.71 Å². The molecule has 2 aromatic carbocycles. The molecule has 1 saturated heterocycles. The van der Waals surface area contributed by atoms with Gasteiger partial charge in [-0.25, -0.2) is 8.42 Å². The van der Waals surface area contributed by atoms with Gasteiger partial charge in [0.2, 0.25) is 0 Å². The topological polar surface area (TPSA) is 101 Å². The molecule has 35 heavy (non-hydrogen) atoms. The molecule has 1 fully saturated rings. The normalized spacial score (nSPS) is 14.8. The van der Waals surface area contributed by atoms with Crippen molar-refractivity contribution >= 4 is 31.5 Å². The molecule has 3 aromatic rings. The van der Waals surface area contributed by atoms with E-state index in [-0.39, 0.29) is 11.0 Å². The van der Waals surface area contributed by atoms with E-state index in [1.54, 1.807) is 36.5 Å². The van der Waals surface area contributed by atoms with Crippen molar-refractivity contribution in [3.05, 3.63) is 93.9 Å². The molecule has 0 radical (unpaired) electrons. The summed E-state index contributed by atoms with van der Waals surface area (Å²) < 4.78 is 40.6. The monoisotopic (exact) mass is 553 g/mol. The molecule has 7 nitrogen and oxygen atoms in total. The number of benzene rings is 2. The Morgan fingerprint density at radius 2 is 1.94 bits per heavy atom. The van der Waals surface area contributed by atoms with Crippen LogP contribution < -0.4 is 9.46 Å². The summed E-state index contributed by atoms with van der Waals surface area (Å²) in [5.41, 5.74) is 3.02. The number of pyridine rings is 1. The van der Waals surface area contributed by atoms with E-state index in [9.17, 15) is 13.7 Å². The van der Waals surface area contributed by atoms with E-state index < -0.39 is 10.0 Å². The first-order valence-electron chi connectivity index (χ1n) is 11.1. The summed E-state index contributed by atoms with van der Waals surface area (Å²) in [6.45, 7) is 3.11. The van der Waals surface area contributed by atoms with Crippen molar-refractivity contribution in [1.29, 1.82) is 5.26 Å². The number of aromatic nitrogens is 1. The molecule has 0 aliphatic carbocycles. The second-order valence-electron chi connectivity index (χ2n) is 8.03. The largest absolute Gasteiger partial charge is 0.489 e. The van der Waals surface area contributed by atoms with Crippen LogP contribution in [-0.2, 0) is 14.8 Å². The van der Waals surface area contributed by atoms with Crippen LogP contribution in [-0.4, -0.2) is 32.7 Å². The van der Waals surface area contributed by atoms with E-state index in [4.69, 9.17) is 9.47 Å². The molecule has 4 rings (SSSR count). The lowest BCUT2D eigenvalue weighted by molar-refractivity contribution is 0.0254. The second kappa shape index (κ2) is 11.0. The maximum absolute atomic E-state index is 12.9. The maximum atomic E-state index is 12.9. The lowest BCUT2D eigenvalue weighted by Gasteiger charge is -2.24. The third-order valence-corrected chi connectivity index (χ3v) is 7.38. The summed E-state index contributed by atoms with van der Waals surface area (Å²) in [5, 5.41) is 9.83. The van der Waals surface area contributed by atoms with Crippen molar-refractivity contribution in [3.63, 3.8) is 0 Å². The fourth-order valence-electron chi connectivity index (χ4n) is 3.76. The number of rotatable bonds is 7. The summed E-state index contributed by atoms with van der Waals surface area (Å²) in [7, 11) is -3.80. The molecule has 0 spiro atoms. The Hall–Kier alpha value is -3.19. The molecule has 0 unspecified atom stereocenters. The van der Waals surface area contributed by atoms with Crippen LogP contribution in [0.25, 0.3) is 5.57 Å². The summed E-state index contributed by atoms with van der Waals surface area (Å²) in [5.74, 6) is 0.497. The van der Waals surface area contributed by atoms with Crippen molar-refractivity contribution in [2.75, 3.05) is 13.2 Å². The van der Waals surface area contributed by atoms with E-state index in [0.717, 1.165) is 22.9 Å². The third-order valence-electron chi connectivity index (χ3n) is 5.63. The molecule has 1 aliphatic heterocycles. The predicted molar refractivity (Wildman–Crippen MR) is 136 cm³/mol. The predicted octanol–water partition coefficient (Wildman–Crippen LogP) is 4.95. The Balaban J connectivity index is 1.74. The molecule has 0 saturated carbocycles. The van der Waals surface area contributed by atoms with Crippen molar-refractivity contribution in [2.24, 2.45) is 0 Å². The third kappa shape index (κ3) is 6.09. The zero-order valence-corrected chi connectivity index (χ0v) is 21.5. The Bertz CT molecular complexity index is 1380. The number of hydrogen-bond donors (Lipinski definition) is 1. The van der Waals surface area contributed by atoms with Gasteiger partial charge in [0.15, 0.2) is 0 Å². The molecule has 0 bridgehead atoms. The minimum atomic E-state index is -3.80. The highest BCUT2D eigenvalue weighted by Gasteiger charge is 2.19. The molecule has 1 N–H and O–H groups in total. The number of hydrogen-bond acceptors (Lipinski definition) is 6. The van der Waals surface area contributed by atoms with Crippen LogP contribution in [0.4, 0.5) is 0 Å². The number of ether oxygens (including phenoxy) is 2. The van der Waals surface area contributed by atoms with E-state index in [1.165, 1.54) is 18.3 Å². The van der Waals surface area contributed by atoms with Crippen LogP contribution in [0.3, 0.4) is 0 Å². The Kier molecular flexibility index (Phi) is 7.86. The zero-order valence-electron chi connectivity index (χ0n) is 19.1. The standard InChI is InChI=1S/C26H24BrN3O4S/c1-18-24(14-21(27)16-29-18)25(17-30-35(31,32)23-5-3-2-4-6-23)19-7-8-26(20(13-19)15-28)34-22-9-11-33-12-10-22/h2-8,13-14,16-17,22,30H,9-12H2,1H3/b25-17-.